The highest BCUT2D eigenvalue weighted by atomic mass is 16.5. The van der Waals surface area contributed by atoms with Crippen molar-refractivity contribution in [1.29, 1.82) is 0 Å². The molecule has 0 bridgehead atoms. The molecule has 1 aliphatic rings. The third-order valence-corrected chi connectivity index (χ3v) is 3.51. The zero-order valence-corrected chi connectivity index (χ0v) is 12.0. The summed E-state index contributed by atoms with van der Waals surface area (Å²) in [5, 5.41) is 0. The number of hydrogen-bond acceptors (Lipinski definition) is 4. The second kappa shape index (κ2) is 7.31. The maximum absolute atomic E-state index is 5.67. The molecule has 0 amide bonds. The molecule has 0 aromatic carbocycles. The Hall–Kier alpha value is -0.160. The predicted octanol–water partition coefficient (Wildman–Crippen LogP) is 1.76. The largest absolute Gasteiger partial charge is 0.364 e. The van der Waals surface area contributed by atoms with Crippen LogP contribution in [-0.2, 0) is 9.47 Å². The SMILES string of the molecule is CCOC(C)N1CCN(C(C)OCC)C(C)C1. The average Bonchev–Trinajstić information content (AvgIpc) is 2.29. The van der Waals surface area contributed by atoms with Gasteiger partial charge in [-0.2, -0.15) is 0 Å². The van der Waals surface area contributed by atoms with Crippen LogP contribution in [0.5, 0.6) is 0 Å². The van der Waals surface area contributed by atoms with Crippen molar-refractivity contribution in [3.63, 3.8) is 0 Å². The smallest absolute Gasteiger partial charge is 0.108 e. The molecule has 0 aromatic heterocycles. The number of ether oxygens (including phenoxy) is 2. The van der Waals surface area contributed by atoms with Gasteiger partial charge in [0.2, 0.25) is 0 Å². The van der Waals surface area contributed by atoms with Crippen LogP contribution in [-0.4, -0.2) is 61.1 Å². The average molecular weight is 244 g/mol. The molecular weight excluding hydrogens is 216 g/mol. The van der Waals surface area contributed by atoms with Gasteiger partial charge in [-0.15, -0.1) is 0 Å². The summed E-state index contributed by atoms with van der Waals surface area (Å²) in [5.74, 6) is 0. The van der Waals surface area contributed by atoms with Crippen molar-refractivity contribution in [1.82, 2.24) is 9.80 Å². The topological polar surface area (TPSA) is 24.9 Å². The molecule has 3 atom stereocenters. The summed E-state index contributed by atoms with van der Waals surface area (Å²) in [5.41, 5.74) is 0. The lowest BCUT2D eigenvalue weighted by Gasteiger charge is -2.44. The molecule has 4 heteroatoms. The molecule has 1 aliphatic heterocycles. The van der Waals surface area contributed by atoms with Gasteiger partial charge in [0.05, 0.1) is 0 Å². The van der Waals surface area contributed by atoms with Gasteiger partial charge in [0.25, 0.3) is 0 Å². The molecule has 102 valence electrons. The Balaban J connectivity index is 2.43. The highest BCUT2D eigenvalue weighted by Crippen LogP contribution is 2.16. The van der Waals surface area contributed by atoms with Gasteiger partial charge >= 0.3 is 0 Å². The van der Waals surface area contributed by atoms with Gasteiger partial charge in [-0.3, -0.25) is 9.80 Å². The van der Waals surface area contributed by atoms with Crippen molar-refractivity contribution in [2.75, 3.05) is 32.8 Å². The summed E-state index contributed by atoms with van der Waals surface area (Å²) in [4.78, 5) is 4.84. The van der Waals surface area contributed by atoms with E-state index in [1.807, 2.05) is 6.92 Å². The molecular formula is C13H28N2O2. The second-order valence-corrected chi connectivity index (χ2v) is 4.69. The minimum atomic E-state index is 0.222. The zero-order valence-electron chi connectivity index (χ0n) is 12.0. The van der Waals surface area contributed by atoms with Gasteiger partial charge in [0, 0.05) is 38.9 Å². The lowest BCUT2D eigenvalue weighted by molar-refractivity contribution is -0.117. The molecule has 0 aliphatic carbocycles. The molecule has 0 radical (unpaired) electrons. The lowest BCUT2D eigenvalue weighted by atomic mass is 10.2. The van der Waals surface area contributed by atoms with E-state index in [-0.39, 0.29) is 12.5 Å². The third-order valence-electron chi connectivity index (χ3n) is 3.51. The molecule has 17 heavy (non-hydrogen) atoms. The standard InChI is InChI=1S/C13H28N2O2/c1-6-16-12(4)14-8-9-15(11(3)10-14)13(5)17-7-2/h11-13H,6-10H2,1-5H3. The summed E-state index contributed by atoms with van der Waals surface area (Å²) in [7, 11) is 0. The monoisotopic (exact) mass is 244 g/mol. The van der Waals surface area contributed by atoms with E-state index in [0.29, 0.717) is 6.04 Å². The third kappa shape index (κ3) is 4.21. The van der Waals surface area contributed by atoms with Gasteiger partial charge in [0.15, 0.2) is 0 Å². The zero-order chi connectivity index (χ0) is 12.8. The van der Waals surface area contributed by atoms with Crippen LogP contribution >= 0.6 is 0 Å². The Morgan fingerprint density at radius 3 is 2.18 bits per heavy atom. The predicted molar refractivity (Wildman–Crippen MR) is 69.9 cm³/mol. The molecule has 0 aromatic rings. The molecule has 1 rings (SSSR count). The summed E-state index contributed by atoms with van der Waals surface area (Å²) < 4.78 is 11.3. The van der Waals surface area contributed by atoms with E-state index in [4.69, 9.17) is 9.47 Å². The fourth-order valence-electron chi connectivity index (χ4n) is 2.55. The van der Waals surface area contributed by atoms with Gasteiger partial charge in [-0.05, 0) is 34.6 Å². The number of rotatable bonds is 6. The van der Waals surface area contributed by atoms with E-state index in [1.165, 1.54) is 0 Å². The Kier molecular flexibility index (Phi) is 6.41. The molecule has 0 N–H and O–H groups in total. The minimum absolute atomic E-state index is 0.222. The van der Waals surface area contributed by atoms with Gasteiger partial charge in [0.1, 0.15) is 12.5 Å². The molecule has 1 heterocycles. The van der Waals surface area contributed by atoms with Gasteiger partial charge in [-0.1, -0.05) is 0 Å². The summed E-state index contributed by atoms with van der Waals surface area (Å²) in [6.07, 6.45) is 0.451. The first kappa shape index (κ1) is 14.9. The number of piperazine rings is 1. The molecule has 3 unspecified atom stereocenters. The summed E-state index contributed by atoms with van der Waals surface area (Å²) in [6, 6.07) is 0.521. The number of nitrogens with zero attached hydrogens (tertiary/aromatic N) is 2. The quantitative estimate of drug-likeness (QED) is 0.711. The van der Waals surface area contributed by atoms with Crippen molar-refractivity contribution in [2.45, 2.75) is 53.1 Å². The Bertz CT molecular complexity index is 214. The molecule has 0 saturated carbocycles. The van der Waals surface area contributed by atoms with Crippen LogP contribution in [0.3, 0.4) is 0 Å². The van der Waals surface area contributed by atoms with Crippen LogP contribution in [0.15, 0.2) is 0 Å². The van der Waals surface area contributed by atoms with Crippen LogP contribution in [0.2, 0.25) is 0 Å². The van der Waals surface area contributed by atoms with E-state index in [1.54, 1.807) is 0 Å². The van der Waals surface area contributed by atoms with E-state index in [9.17, 15) is 0 Å². The van der Waals surface area contributed by atoms with Crippen molar-refractivity contribution < 1.29 is 9.47 Å². The number of hydrogen-bond donors (Lipinski definition) is 0. The fourth-order valence-corrected chi connectivity index (χ4v) is 2.55. The summed E-state index contributed by atoms with van der Waals surface area (Å²) in [6.45, 7) is 15.4. The van der Waals surface area contributed by atoms with Crippen LogP contribution in [0.1, 0.15) is 34.6 Å². The Labute approximate surface area is 106 Å². The highest BCUT2D eigenvalue weighted by molar-refractivity contribution is 4.80. The van der Waals surface area contributed by atoms with E-state index >= 15 is 0 Å². The lowest BCUT2D eigenvalue weighted by Crippen LogP contribution is -2.57. The normalized spacial score (nSPS) is 27.0. The van der Waals surface area contributed by atoms with Crippen LogP contribution in [0.4, 0.5) is 0 Å². The van der Waals surface area contributed by atoms with Crippen LogP contribution in [0, 0.1) is 0 Å². The molecule has 1 fully saturated rings. The first-order valence-corrected chi connectivity index (χ1v) is 6.83. The van der Waals surface area contributed by atoms with E-state index in [2.05, 4.69) is 37.5 Å². The summed E-state index contributed by atoms with van der Waals surface area (Å²) >= 11 is 0. The highest BCUT2D eigenvalue weighted by Gasteiger charge is 2.29. The minimum Gasteiger partial charge on any atom is -0.364 e. The van der Waals surface area contributed by atoms with Gasteiger partial charge < -0.3 is 9.47 Å². The maximum atomic E-state index is 5.67. The second-order valence-electron chi connectivity index (χ2n) is 4.69. The van der Waals surface area contributed by atoms with Crippen molar-refractivity contribution in [3.8, 4) is 0 Å². The molecule has 0 spiro atoms. The first-order valence-electron chi connectivity index (χ1n) is 6.83. The van der Waals surface area contributed by atoms with Crippen molar-refractivity contribution in [3.05, 3.63) is 0 Å². The Morgan fingerprint density at radius 2 is 1.65 bits per heavy atom. The fraction of sp³-hybridized carbons (Fsp3) is 1.00. The van der Waals surface area contributed by atoms with Gasteiger partial charge in [-0.25, -0.2) is 0 Å². The molecule has 4 nitrogen and oxygen atoms in total. The van der Waals surface area contributed by atoms with E-state index in [0.717, 1.165) is 32.8 Å². The van der Waals surface area contributed by atoms with Crippen molar-refractivity contribution >= 4 is 0 Å². The van der Waals surface area contributed by atoms with E-state index < -0.39 is 0 Å². The first-order chi connectivity index (χ1) is 8.10. The maximum Gasteiger partial charge on any atom is 0.108 e. The molecule has 1 saturated heterocycles. The van der Waals surface area contributed by atoms with Crippen molar-refractivity contribution in [2.24, 2.45) is 0 Å². The Morgan fingerprint density at radius 1 is 1.06 bits per heavy atom. The van der Waals surface area contributed by atoms with Crippen LogP contribution in [0.25, 0.3) is 0 Å². The van der Waals surface area contributed by atoms with Crippen LogP contribution < -0.4 is 0 Å².